The number of nitrogens with one attached hydrogen (secondary N) is 1. The molecular formula is C25H28N2O3. The van der Waals surface area contributed by atoms with Crippen LogP contribution >= 0.6 is 0 Å². The molecule has 4 rings (SSSR count). The molecule has 1 aromatic heterocycles. The number of benzene rings is 2. The Morgan fingerprint density at radius 3 is 2.73 bits per heavy atom. The van der Waals surface area contributed by atoms with Gasteiger partial charge in [0.25, 0.3) is 0 Å². The molecule has 0 spiro atoms. The zero-order chi connectivity index (χ0) is 21.1. The minimum Gasteiger partial charge on any atom is -0.497 e. The van der Waals surface area contributed by atoms with Crippen LogP contribution in [-0.2, 0) is 22.6 Å². The van der Waals surface area contributed by atoms with Gasteiger partial charge in [0.1, 0.15) is 5.75 Å². The Morgan fingerprint density at radius 2 is 2.00 bits per heavy atom. The largest absolute Gasteiger partial charge is 0.497 e. The number of amides is 1. The monoisotopic (exact) mass is 404 g/mol. The summed E-state index contributed by atoms with van der Waals surface area (Å²) in [6, 6.07) is 16.0. The second-order valence-corrected chi connectivity index (χ2v) is 7.95. The molecule has 1 amide bonds. The average Bonchev–Trinajstić information content (AvgIpc) is 3.12. The third-order valence-corrected chi connectivity index (χ3v) is 5.54. The van der Waals surface area contributed by atoms with Crippen molar-refractivity contribution in [3.8, 4) is 5.75 Å². The number of H-pyrrole nitrogens is 1. The number of carbonyl (C=O) groups is 1. The maximum atomic E-state index is 12.9. The molecule has 2 heterocycles. The highest BCUT2D eigenvalue weighted by Crippen LogP contribution is 2.36. The van der Waals surface area contributed by atoms with Crippen LogP contribution in [0.5, 0.6) is 5.75 Å². The average molecular weight is 405 g/mol. The van der Waals surface area contributed by atoms with Gasteiger partial charge in [-0.05, 0) is 49.6 Å². The van der Waals surface area contributed by atoms with Gasteiger partial charge < -0.3 is 19.4 Å². The first-order valence-electron chi connectivity index (χ1n) is 10.3. The molecule has 0 saturated heterocycles. The number of hydrogen-bond donors (Lipinski definition) is 1. The Hall–Kier alpha value is -3.05. The molecule has 0 saturated carbocycles. The molecule has 156 valence electrons. The van der Waals surface area contributed by atoms with Gasteiger partial charge in [-0.3, -0.25) is 4.79 Å². The lowest BCUT2D eigenvalue weighted by molar-refractivity contribution is -0.130. The number of nitrogens with zero attached hydrogens (tertiary/aromatic N) is 1. The van der Waals surface area contributed by atoms with Crippen molar-refractivity contribution < 1.29 is 14.3 Å². The van der Waals surface area contributed by atoms with Crippen LogP contribution in [-0.4, -0.2) is 36.1 Å². The molecule has 0 aliphatic carbocycles. The van der Waals surface area contributed by atoms with Crippen LogP contribution in [0, 0.1) is 0 Å². The summed E-state index contributed by atoms with van der Waals surface area (Å²) in [6.07, 6.45) is 2.51. The predicted molar refractivity (Wildman–Crippen MR) is 119 cm³/mol. The molecule has 1 aliphatic heterocycles. The molecular weight excluding hydrogens is 376 g/mol. The number of rotatable bonds is 6. The summed E-state index contributed by atoms with van der Waals surface area (Å²) < 4.78 is 11.5. The van der Waals surface area contributed by atoms with Gasteiger partial charge in [-0.15, -0.1) is 0 Å². The third-order valence-electron chi connectivity index (χ3n) is 5.54. The summed E-state index contributed by atoms with van der Waals surface area (Å²) in [5, 5.41) is 1.16. The van der Waals surface area contributed by atoms with Gasteiger partial charge in [-0.25, -0.2) is 0 Å². The van der Waals surface area contributed by atoms with Crippen LogP contribution < -0.4 is 4.74 Å². The fraction of sp³-hybridized carbons (Fsp3) is 0.320. The number of allylic oxidation sites excluding steroid dienone is 1. The van der Waals surface area contributed by atoms with Crippen molar-refractivity contribution in [3.05, 3.63) is 77.0 Å². The van der Waals surface area contributed by atoms with E-state index in [1.54, 1.807) is 13.2 Å². The number of aromatic nitrogens is 1. The summed E-state index contributed by atoms with van der Waals surface area (Å²) in [5.74, 6) is 0.870. The van der Waals surface area contributed by atoms with Crippen molar-refractivity contribution in [3.63, 3.8) is 0 Å². The van der Waals surface area contributed by atoms with E-state index in [1.165, 1.54) is 5.56 Å². The molecule has 0 bridgehead atoms. The quantitative estimate of drug-likeness (QED) is 0.601. The van der Waals surface area contributed by atoms with Gasteiger partial charge >= 0.3 is 0 Å². The summed E-state index contributed by atoms with van der Waals surface area (Å²) in [4.78, 5) is 18.4. The fourth-order valence-corrected chi connectivity index (χ4v) is 4.10. The smallest absolute Gasteiger partial charge is 0.247 e. The van der Waals surface area contributed by atoms with E-state index in [2.05, 4.69) is 11.1 Å². The molecule has 2 aromatic carbocycles. The summed E-state index contributed by atoms with van der Waals surface area (Å²) >= 11 is 0. The number of methoxy groups -OCH3 is 1. The van der Waals surface area contributed by atoms with Crippen molar-refractivity contribution >= 4 is 16.8 Å². The Labute approximate surface area is 177 Å². The van der Waals surface area contributed by atoms with E-state index in [-0.39, 0.29) is 11.9 Å². The highest BCUT2D eigenvalue weighted by molar-refractivity contribution is 5.90. The maximum absolute atomic E-state index is 12.9. The standard InChI is InChI=1S/C25H28N2O3/c1-17(2)13-24(28)27-12-11-20-21-14-19(29-3)9-10-22(21)26-25(20)23(27)16-30-15-18-7-5-4-6-8-18/h4-10,13-14,23,26H,11-12,15-16H2,1-3H3. The highest BCUT2D eigenvalue weighted by atomic mass is 16.5. The van der Waals surface area contributed by atoms with Gasteiger partial charge in [0, 0.05) is 29.2 Å². The van der Waals surface area contributed by atoms with Crippen LogP contribution in [0.3, 0.4) is 0 Å². The van der Waals surface area contributed by atoms with Crippen LogP contribution in [0.4, 0.5) is 0 Å². The molecule has 1 unspecified atom stereocenters. The lowest BCUT2D eigenvalue weighted by Crippen LogP contribution is -2.41. The molecule has 1 N–H and O–H groups in total. The Kier molecular flexibility index (Phi) is 5.91. The molecule has 1 aliphatic rings. The molecule has 5 heteroatoms. The first-order valence-corrected chi connectivity index (χ1v) is 10.3. The Bertz CT molecular complexity index is 1060. The number of aromatic amines is 1. The van der Waals surface area contributed by atoms with Gasteiger partial charge in [-0.1, -0.05) is 35.9 Å². The normalized spacial score (nSPS) is 15.7. The second-order valence-electron chi connectivity index (χ2n) is 7.95. The number of carbonyl (C=O) groups excluding carboxylic acids is 1. The van der Waals surface area contributed by atoms with E-state index in [0.717, 1.165) is 39.9 Å². The minimum atomic E-state index is -0.154. The van der Waals surface area contributed by atoms with Crippen LogP contribution in [0.2, 0.25) is 0 Å². The first kappa shape index (κ1) is 20.2. The molecule has 3 aromatic rings. The van der Waals surface area contributed by atoms with Crippen molar-refractivity contribution in [1.29, 1.82) is 0 Å². The summed E-state index contributed by atoms with van der Waals surface area (Å²) in [6.45, 7) is 5.52. The fourth-order valence-electron chi connectivity index (χ4n) is 4.10. The van der Waals surface area contributed by atoms with Gasteiger partial charge in [-0.2, -0.15) is 0 Å². The lowest BCUT2D eigenvalue weighted by Gasteiger charge is -2.35. The summed E-state index contributed by atoms with van der Waals surface area (Å²) in [5.41, 5.74) is 5.49. The Balaban J connectivity index is 1.65. The SMILES string of the molecule is COc1ccc2[nH]c3c(c2c1)CCN(C(=O)C=C(C)C)C3COCc1ccccc1. The van der Waals surface area contributed by atoms with E-state index in [4.69, 9.17) is 9.47 Å². The van der Waals surface area contributed by atoms with E-state index in [9.17, 15) is 4.79 Å². The zero-order valence-corrected chi connectivity index (χ0v) is 17.8. The van der Waals surface area contributed by atoms with Gasteiger partial charge in [0.05, 0.1) is 26.4 Å². The minimum absolute atomic E-state index is 0.0326. The second kappa shape index (κ2) is 8.76. The number of ether oxygens (including phenoxy) is 2. The Morgan fingerprint density at radius 1 is 1.20 bits per heavy atom. The van der Waals surface area contributed by atoms with Crippen LogP contribution in [0.25, 0.3) is 10.9 Å². The maximum Gasteiger partial charge on any atom is 0.247 e. The lowest BCUT2D eigenvalue weighted by atomic mass is 9.97. The van der Waals surface area contributed by atoms with Gasteiger partial charge in [0.2, 0.25) is 5.91 Å². The zero-order valence-electron chi connectivity index (χ0n) is 17.8. The van der Waals surface area contributed by atoms with Gasteiger partial charge in [0.15, 0.2) is 0 Å². The van der Waals surface area contributed by atoms with E-state index in [1.807, 2.05) is 61.2 Å². The van der Waals surface area contributed by atoms with E-state index < -0.39 is 0 Å². The highest BCUT2D eigenvalue weighted by Gasteiger charge is 2.33. The molecule has 1 atom stereocenters. The molecule has 0 fully saturated rings. The molecule has 30 heavy (non-hydrogen) atoms. The first-order chi connectivity index (χ1) is 14.6. The molecule has 5 nitrogen and oxygen atoms in total. The van der Waals surface area contributed by atoms with Crippen molar-refractivity contribution in [1.82, 2.24) is 9.88 Å². The molecule has 0 radical (unpaired) electrons. The predicted octanol–water partition coefficient (Wildman–Crippen LogP) is 4.79. The van der Waals surface area contributed by atoms with Crippen LogP contribution in [0.15, 0.2) is 60.2 Å². The van der Waals surface area contributed by atoms with E-state index >= 15 is 0 Å². The van der Waals surface area contributed by atoms with Crippen molar-refractivity contribution in [2.75, 3.05) is 20.3 Å². The van der Waals surface area contributed by atoms with E-state index in [0.29, 0.717) is 19.8 Å². The van der Waals surface area contributed by atoms with Crippen molar-refractivity contribution in [2.24, 2.45) is 0 Å². The van der Waals surface area contributed by atoms with Crippen molar-refractivity contribution in [2.45, 2.75) is 32.9 Å². The number of hydrogen-bond acceptors (Lipinski definition) is 3. The number of fused-ring (bicyclic) bond motifs is 3. The topological polar surface area (TPSA) is 54.6 Å². The van der Waals surface area contributed by atoms with Crippen LogP contribution in [0.1, 0.15) is 36.7 Å². The summed E-state index contributed by atoms with van der Waals surface area (Å²) in [7, 11) is 1.68. The third kappa shape index (κ3) is 4.12.